The molecule has 550 valence electrons. The highest BCUT2D eigenvalue weighted by Gasteiger charge is 2.36. The molecule has 29 heteroatoms. The summed E-state index contributed by atoms with van der Waals surface area (Å²) in [4.78, 5) is 177. The largest absolute Gasteiger partial charge is 0.356 e. The van der Waals surface area contributed by atoms with Crippen molar-refractivity contribution in [3.8, 4) is 0 Å². The predicted octanol–water partition coefficient (Wildman–Crippen LogP) is -1.59. The Balaban J connectivity index is 2.57. The lowest BCUT2D eigenvalue weighted by molar-refractivity contribution is -0.138. The minimum absolute atomic E-state index is 0.0359. The molecule has 2 fully saturated rings. The molecule has 2 aliphatic heterocycles. The molecular formula is C67H125N17O12. The first-order valence-corrected chi connectivity index (χ1v) is 35.9. The van der Waals surface area contributed by atoms with Crippen LogP contribution in [0.3, 0.4) is 0 Å². The van der Waals surface area contributed by atoms with Gasteiger partial charge in [-0.1, -0.05) is 72.6 Å². The number of likely N-dealkylation sites (N-methyl/N-ethyl adjacent to an activating group) is 2. The van der Waals surface area contributed by atoms with E-state index < -0.39 is 145 Å². The molecular weight excluding hydrogens is 1230 g/mol. The van der Waals surface area contributed by atoms with Crippen LogP contribution in [0.25, 0.3) is 0 Å². The van der Waals surface area contributed by atoms with Crippen LogP contribution in [-0.2, 0) is 57.5 Å². The highest BCUT2D eigenvalue weighted by atomic mass is 16.2. The molecule has 29 nitrogen and oxygen atoms in total. The third-order valence-corrected chi connectivity index (χ3v) is 17.4. The fourth-order valence-corrected chi connectivity index (χ4v) is 11.2. The van der Waals surface area contributed by atoms with Gasteiger partial charge in [0.1, 0.15) is 29.4 Å². The zero-order valence-corrected chi connectivity index (χ0v) is 59.2. The lowest BCUT2D eigenvalue weighted by Gasteiger charge is -2.32. The Morgan fingerprint density at radius 2 is 0.729 bits per heavy atom. The van der Waals surface area contributed by atoms with E-state index in [9.17, 15) is 57.5 Å². The van der Waals surface area contributed by atoms with Crippen LogP contribution < -0.4 is 70.0 Å². The van der Waals surface area contributed by atoms with E-state index in [2.05, 4.69) is 85.1 Å². The van der Waals surface area contributed by atoms with Crippen LogP contribution in [-0.4, -0.2) is 267 Å². The predicted molar refractivity (Wildman–Crippen MR) is 371 cm³/mol. The van der Waals surface area contributed by atoms with E-state index in [0.29, 0.717) is 84.6 Å². The van der Waals surface area contributed by atoms with E-state index >= 15 is 0 Å². The molecule has 6 unspecified atom stereocenters. The van der Waals surface area contributed by atoms with Crippen LogP contribution in [0.1, 0.15) is 156 Å². The summed E-state index contributed by atoms with van der Waals surface area (Å²) in [7, 11) is 4.10. The molecule has 0 aromatic carbocycles. The molecule has 0 aliphatic carbocycles. The van der Waals surface area contributed by atoms with Crippen molar-refractivity contribution < 1.29 is 57.5 Å². The summed E-state index contributed by atoms with van der Waals surface area (Å²) in [6.07, 6.45) is 3.75. The van der Waals surface area contributed by atoms with E-state index in [4.69, 9.17) is 11.5 Å². The van der Waals surface area contributed by atoms with Crippen LogP contribution >= 0.6 is 0 Å². The van der Waals surface area contributed by atoms with Crippen molar-refractivity contribution in [3.05, 3.63) is 0 Å². The first kappa shape index (κ1) is 86.0. The molecule has 2 rings (SSSR count). The van der Waals surface area contributed by atoms with Crippen LogP contribution in [0.4, 0.5) is 0 Å². The lowest BCUT2D eigenvalue weighted by atomic mass is 9.84. The van der Waals surface area contributed by atoms with Crippen molar-refractivity contribution in [2.45, 2.75) is 168 Å². The van der Waals surface area contributed by atoms with E-state index in [1.165, 1.54) is 0 Å². The number of unbranched alkanes of at least 4 members (excludes halogenated alkanes) is 7. The molecule has 0 saturated carbocycles. The second-order valence-electron chi connectivity index (χ2n) is 25.8. The number of Topliss-reactive ketones (excluding diaryl/α,β-unsaturated/α-hetero) is 3. The number of nitrogens with zero attached hydrogens (tertiary/aromatic N) is 4. The lowest BCUT2D eigenvalue weighted by Crippen LogP contribution is -2.56. The molecule has 2 heterocycles. The molecule has 2 saturated heterocycles. The Morgan fingerprint density at radius 1 is 0.333 bits per heavy atom. The Morgan fingerprint density at radius 3 is 1.27 bits per heavy atom. The van der Waals surface area contributed by atoms with Crippen LogP contribution in [0.15, 0.2) is 0 Å². The molecule has 15 N–H and O–H groups in total. The Bertz CT molecular complexity index is 2320. The first-order valence-electron chi connectivity index (χ1n) is 35.9. The van der Waals surface area contributed by atoms with E-state index in [1.807, 2.05) is 27.8 Å². The second-order valence-corrected chi connectivity index (χ2v) is 25.8. The third-order valence-electron chi connectivity index (χ3n) is 17.4. The van der Waals surface area contributed by atoms with Gasteiger partial charge in [-0.3, -0.25) is 67.3 Å². The monoisotopic (exact) mass is 1360 g/mol. The summed E-state index contributed by atoms with van der Waals surface area (Å²) >= 11 is 0. The van der Waals surface area contributed by atoms with E-state index in [-0.39, 0.29) is 58.0 Å². The van der Waals surface area contributed by atoms with Crippen molar-refractivity contribution in [3.63, 3.8) is 0 Å². The molecule has 96 heavy (non-hydrogen) atoms. The fraction of sp³-hybridized carbons (Fsp3) is 0.821. The summed E-state index contributed by atoms with van der Waals surface area (Å²) in [6, 6.07) is -3.34. The van der Waals surface area contributed by atoms with Gasteiger partial charge in [0, 0.05) is 214 Å². The van der Waals surface area contributed by atoms with Gasteiger partial charge in [-0.25, -0.2) is 0 Å². The van der Waals surface area contributed by atoms with Crippen LogP contribution in [0.5, 0.6) is 0 Å². The maximum atomic E-state index is 14.8. The molecule has 9 amide bonds. The van der Waals surface area contributed by atoms with Crippen molar-refractivity contribution in [1.82, 2.24) is 78.1 Å². The summed E-state index contributed by atoms with van der Waals surface area (Å²) < 4.78 is 0. The second kappa shape index (κ2) is 53.0. The zero-order valence-electron chi connectivity index (χ0n) is 59.2. The third kappa shape index (κ3) is 40.0. The van der Waals surface area contributed by atoms with Gasteiger partial charge in [-0.2, -0.15) is 0 Å². The molecule has 0 radical (unpaired) electrons. The number of rotatable bonds is 56. The number of carbonyl (C=O) groups excluding carboxylic acids is 12. The topological polar surface area (TPSA) is 402 Å². The first-order chi connectivity index (χ1) is 46.2. The average Bonchev–Trinajstić information content (AvgIpc) is 1.05. The minimum atomic E-state index is -1.71. The van der Waals surface area contributed by atoms with Gasteiger partial charge in [0.15, 0.2) is 0 Å². The molecule has 6 atom stereocenters. The smallest absolute Gasteiger partial charge is 0.243 e. The number of hydrogen-bond donors (Lipinski definition) is 13. The molecule has 0 bridgehead atoms. The molecule has 2 aliphatic rings. The standard InChI is InChI=1S/C67H125N17O12/c1-7-11-14-16-21-72-61(90)49-57(67(96)80-56(66(95)77-28-26-71-24-19-69)48-55(86)43-52(64(93)75-20-13-9-3)46-60(89)73-27-25-70-23-18-68)79-62(91)47-53(65(94)76-22-17-15-12-8-2)44-58(87)51(45-59(88)74-29-31-83-37-33-81(5)34-38-83)42-54(85)41-50(10-4)63(92)78-30-32-84-39-35-82(6)36-40-84/h50-53,56-57,70-71H,7-49,68-69H2,1-6H3,(H,72,90)(H,73,89)(H,74,88)(H,75,93)(H,76,94)(H,77,95)(H,78,92)(H,79,91)(H,80,96). The van der Waals surface area contributed by atoms with Crippen molar-refractivity contribution in [2.75, 3.05) is 165 Å². The summed E-state index contributed by atoms with van der Waals surface area (Å²) in [6.45, 7) is 20.0. The van der Waals surface area contributed by atoms with Gasteiger partial charge in [0.05, 0.1) is 18.3 Å². The molecule has 0 aromatic rings. The van der Waals surface area contributed by atoms with Gasteiger partial charge in [0.25, 0.3) is 0 Å². The Kier molecular flexibility index (Phi) is 47.5. The van der Waals surface area contributed by atoms with Crippen molar-refractivity contribution in [2.24, 2.45) is 35.1 Å². The fourth-order valence-electron chi connectivity index (χ4n) is 11.2. The van der Waals surface area contributed by atoms with Gasteiger partial charge in [-0.05, 0) is 39.8 Å². The van der Waals surface area contributed by atoms with Gasteiger partial charge in [0.2, 0.25) is 53.2 Å². The Labute approximate surface area is 572 Å². The number of amides is 9. The van der Waals surface area contributed by atoms with Gasteiger partial charge >= 0.3 is 0 Å². The minimum Gasteiger partial charge on any atom is -0.356 e. The van der Waals surface area contributed by atoms with Crippen molar-refractivity contribution >= 4 is 70.5 Å². The summed E-state index contributed by atoms with van der Waals surface area (Å²) in [5.41, 5.74) is 11.2. The zero-order chi connectivity index (χ0) is 70.9. The Hall–Kier alpha value is -6.08. The number of hydrogen-bond acceptors (Lipinski definition) is 20. The maximum Gasteiger partial charge on any atom is 0.243 e. The van der Waals surface area contributed by atoms with E-state index in [0.717, 1.165) is 97.3 Å². The number of carbonyl (C=O) groups is 12. The number of nitrogens with one attached hydrogen (secondary N) is 11. The quantitative estimate of drug-likeness (QED) is 0.0306. The molecule has 0 spiro atoms. The SMILES string of the molecule is CCCCCCNC(=O)CC(NC(=O)CC(CC(=O)C(CC(=O)CC(CC)C(=O)NCCN1CCN(C)CC1)CC(=O)NCCN1CCN(C)CC1)C(=O)NCCCCCC)C(=O)NC(CC(=O)CC(CC(=O)NCCNCCN)C(=O)NCCCC)C(=O)NCCNCCN. The summed E-state index contributed by atoms with van der Waals surface area (Å²) in [5, 5.41) is 31.0. The molecule has 0 aromatic heterocycles. The summed E-state index contributed by atoms with van der Waals surface area (Å²) in [5.74, 6) is -12.2. The number of piperazine rings is 2. The number of nitrogens with two attached hydrogens (primary N) is 2. The van der Waals surface area contributed by atoms with Gasteiger partial charge in [-0.15, -0.1) is 0 Å². The average molecular weight is 1360 g/mol. The number of ketones is 3. The van der Waals surface area contributed by atoms with Crippen LogP contribution in [0.2, 0.25) is 0 Å². The van der Waals surface area contributed by atoms with Crippen molar-refractivity contribution in [1.29, 1.82) is 0 Å². The highest BCUT2D eigenvalue weighted by Crippen LogP contribution is 2.23. The maximum absolute atomic E-state index is 14.8. The van der Waals surface area contributed by atoms with Crippen LogP contribution in [0, 0.1) is 23.7 Å². The highest BCUT2D eigenvalue weighted by molar-refractivity contribution is 5.99. The van der Waals surface area contributed by atoms with Gasteiger partial charge < -0.3 is 79.8 Å². The van der Waals surface area contributed by atoms with E-state index in [1.54, 1.807) is 6.92 Å². The normalized spacial score (nSPS) is 15.8.